The van der Waals surface area contributed by atoms with E-state index in [1.165, 1.54) is 37.6 Å². The van der Waals surface area contributed by atoms with Crippen LogP contribution < -0.4 is 4.74 Å². The summed E-state index contributed by atoms with van der Waals surface area (Å²) in [6.45, 7) is 0.114. The Morgan fingerprint density at radius 1 is 1.21 bits per heavy atom. The average Bonchev–Trinajstić information content (AvgIpc) is 3.36. The fourth-order valence-electron chi connectivity index (χ4n) is 2.15. The zero-order valence-electron chi connectivity index (χ0n) is 15.2. The van der Waals surface area contributed by atoms with E-state index >= 15 is 0 Å². The topological polar surface area (TPSA) is 98.9 Å². The van der Waals surface area contributed by atoms with Crippen LogP contribution in [0.15, 0.2) is 56.8 Å². The van der Waals surface area contributed by atoms with Gasteiger partial charge in [0.05, 0.1) is 16.8 Å². The second kappa shape index (κ2) is 8.55. The molecule has 0 aliphatic heterocycles. The van der Waals surface area contributed by atoms with Gasteiger partial charge in [0.1, 0.15) is 24.7 Å². The maximum absolute atomic E-state index is 12.3. The van der Waals surface area contributed by atoms with E-state index in [1.54, 1.807) is 29.8 Å². The summed E-state index contributed by atoms with van der Waals surface area (Å²) in [6.07, 6.45) is 0. The van der Waals surface area contributed by atoms with Crippen LogP contribution in [0.1, 0.15) is 21.8 Å². The van der Waals surface area contributed by atoms with Crippen LogP contribution in [-0.4, -0.2) is 37.8 Å². The number of benzene rings is 1. The largest absolute Gasteiger partial charge is 0.487 e. The molecule has 0 atom stereocenters. The molecule has 0 saturated heterocycles. The van der Waals surface area contributed by atoms with Gasteiger partial charge in [-0.05, 0) is 30.3 Å². The molecule has 0 aliphatic carbocycles. The summed E-state index contributed by atoms with van der Waals surface area (Å²) in [5.74, 6) is 0.164. The van der Waals surface area contributed by atoms with Crippen molar-refractivity contribution >= 4 is 27.3 Å². The minimum atomic E-state index is -3.67. The molecule has 0 amide bonds. The van der Waals surface area contributed by atoms with Crippen LogP contribution in [0.5, 0.6) is 5.75 Å². The number of esters is 1. The minimum Gasteiger partial charge on any atom is -0.487 e. The number of sulfonamides is 1. The standard InChI is InChI=1S/C18H18N2O6S2/c1-20(2)28(22,23)17-7-6-16(26-17)10-25-18(21)13-4-3-5-15(8-13)24-9-14-11-27-12-19-14/h3-8,11-12H,9-10H2,1-2H3. The van der Waals surface area contributed by atoms with Gasteiger partial charge in [0.15, 0.2) is 0 Å². The Balaban J connectivity index is 1.59. The molecule has 0 spiro atoms. The third-order valence-electron chi connectivity index (χ3n) is 3.66. The Hall–Kier alpha value is -2.69. The van der Waals surface area contributed by atoms with Gasteiger partial charge in [-0.1, -0.05) is 6.07 Å². The number of ether oxygens (including phenoxy) is 2. The summed E-state index contributed by atoms with van der Waals surface area (Å²) < 4.78 is 41.1. The van der Waals surface area contributed by atoms with Gasteiger partial charge in [-0.15, -0.1) is 11.3 Å². The summed E-state index contributed by atoms with van der Waals surface area (Å²) in [6, 6.07) is 9.36. The number of carbonyl (C=O) groups is 1. The van der Waals surface area contributed by atoms with E-state index in [9.17, 15) is 13.2 Å². The number of nitrogens with zero attached hydrogens (tertiary/aromatic N) is 2. The summed E-state index contributed by atoms with van der Waals surface area (Å²) in [5.41, 5.74) is 2.83. The van der Waals surface area contributed by atoms with Gasteiger partial charge in [-0.25, -0.2) is 22.5 Å². The normalized spacial score (nSPS) is 11.5. The predicted molar refractivity (Wildman–Crippen MR) is 102 cm³/mol. The van der Waals surface area contributed by atoms with Gasteiger partial charge in [0.2, 0.25) is 5.09 Å². The number of hydrogen-bond donors (Lipinski definition) is 0. The lowest BCUT2D eigenvalue weighted by atomic mass is 10.2. The highest BCUT2D eigenvalue weighted by Crippen LogP contribution is 2.19. The van der Waals surface area contributed by atoms with Gasteiger partial charge in [0.25, 0.3) is 10.0 Å². The monoisotopic (exact) mass is 422 g/mol. The van der Waals surface area contributed by atoms with Crippen LogP contribution in [0.2, 0.25) is 0 Å². The van der Waals surface area contributed by atoms with E-state index in [-0.39, 0.29) is 17.5 Å². The van der Waals surface area contributed by atoms with Gasteiger partial charge in [-0.3, -0.25) is 0 Å². The first-order valence-corrected chi connectivity index (χ1v) is 10.5. The first-order valence-electron chi connectivity index (χ1n) is 8.14. The number of carbonyl (C=O) groups excluding carboxylic acids is 1. The zero-order valence-corrected chi connectivity index (χ0v) is 16.8. The number of furan rings is 1. The van der Waals surface area contributed by atoms with Crippen molar-refractivity contribution < 1.29 is 27.1 Å². The molecule has 0 saturated carbocycles. The van der Waals surface area contributed by atoms with Crippen LogP contribution in [0.3, 0.4) is 0 Å². The molecule has 0 aliphatic rings. The quantitative estimate of drug-likeness (QED) is 0.515. The molecule has 0 N–H and O–H groups in total. The summed E-state index contributed by atoms with van der Waals surface area (Å²) in [5, 5.41) is 1.67. The fraction of sp³-hybridized carbons (Fsp3) is 0.222. The average molecular weight is 422 g/mol. The lowest BCUT2D eigenvalue weighted by Gasteiger charge is -2.08. The molecule has 8 nitrogen and oxygen atoms in total. The molecular weight excluding hydrogens is 404 g/mol. The molecule has 2 aromatic heterocycles. The lowest BCUT2D eigenvalue weighted by molar-refractivity contribution is 0.0440. The van der Waals surface area contributed by atoms with Crippen LogP contribution >= 0.6 is 11.3 Å². The highest BCUT2D eigenvalue weighted by Gasteiger charge is 2.22. The first-order chi connectivity index (χ1) is 13.4. The summed E-state index contributed by atoms with van der Waals surface area (Å²) in [7, 11) is -0.865. The highest BCUT2D eigenvalue weighted by molar-refractivity contribution is 7.88. The molecule has 0 bridgehead atoms. The number of thiazole rings is 1. The van der Waals surface area contributed by atoms with Crippen molar-refractivity contribution in [2.45, 2.75) is 18.3 Å². The molecule has 3 rings (SSSR count). The van der Waals surface area contributed by atoms with E-state index < -0.39 is 16.0 Å². The van der Waals surface area contributed by atoms with E-state index in [2.05, 4.69) is 4.98 Å². The molecule has 28 heavy (non-hydrogen) atoms. The zero-order chi connectivity index (χ0) is 20.1. The fourth-order valence-corrected chi connectivity index (χ4v) is 3.51. The molecule has 148 valence electrons. The molecule has 10 heteroatoms. The molecule has 0 fully saturated rings. The van der Waals surface area contributed by atoms with Crippen molar-refractivity contribution in [1.29, 1.82) is 0 Å². The van der Waals surface area contributed by atoms with Gasteiger partial charge < -0.3 is 13.9 Å². The van der Waals surface area contributed by atoms with Crippen LogP contribution in [-0.2, 0) is 28.0 Å². The molecule has 3 aromatic rings. The SMILES string of the molecule is CN(C)S(=O)(=O)c1ccc(COC(=O)c2cccc(OCc3cscn3)c2)o1. The van der Waals surface area contributed by atoms with E-state index in [1.807, 2.05) is 5.38 Å². The number of rotatable bonds is 8. The number of hydrogen-bond acceptors (Lipinski definition) is 8. The summed E-state index contributed by atoms with van der Waals surface area (Å²) >= 11 is 1.48. The van der Waals surface area contributed by atoms with Crippen molar-refractivity contribution in [3.05, 3.63) is 64.3 Å². The van der Waals surface area contributed by atoms with Crippen molar-refractivity contribution in [2.75, 3.05) is 14.1 Å². The molecule has 1 aromatic carbocycles. The Kier molecular flexibility index (Phi) is 6.12. The Labute approximate surface area is 166 Å². The third-order valence-corrected chi connectivity index (χ3v) is 5.98. The highest BCUT2D eigenvalue weighted by atomic mass is 32.2. The molecular formula is C18H18N2O6S2. The Morgan fingerprint density at radius 3 is 2.75 bits per heavy atom. The Morgan fingerprint density at radius 2 is 2.04 bits per heavy atom. The van der Waals surface area contributed by atoms with Crippen LogP contribution in [0.4, 0.5) is 0 Å². The molecule has 0 radical (unpaired) electrons. The van der Waals surface area contributed by atoms with E-state index in [0.717, 1.165) is 10.00 Å². The maximum Gasteiger partial charge on any atom is 0.338 e. The smallest absolute Gasteiger partial charge is 0.338 e. The minimum absolute atomic E-state index is 0.189. The first kappa shape index (κ1) is 20.1. The second-order valence-corrected chi connectivity index (χ2v) is 8.68. The van der Waals surface area contributed by atoms with Crippen molar-refractivity contribution in [1.82, 2.24) is 9.29 Å². The lowest BCUT2D eigenvalue weighted by Crippen LogP contribution is -2.21. The predicted octanol–water partition coefficient (Wildman–Crippen LogP) is 2.92. The van der Waals surface area contributed by atoms with Gasteiger partial charge in [-0.2, -0.15) is 0 Å². The number of aromatic nitrogens is 1. The summed E-state index contributed by atoms with van der Waals surface area (Å²) in [4.78, 5) is 16.4. The third kappa shape index (κ3) is 4.77. The van der Waals surface area contributed by atoms with E-state index in [4.69, 9.17) is 13.9 Å². The Bertz CT molecular complexity index is 1040. The molecule has 2 heterocycles. The van der Waals surface area contributed by atoms with Crippen molar-refractivity contribution in [2.24, 2.45) is 0 Å². The van der Waals surface area contributed by atoms with Crippen molar-refractivity contribution in [3.8, 4) is 5.75 Å². The molecule has 0 unspecified atom stereocenters. The van der Waals surface area contributed by atoms with Gasteiger partial charge >= 0.3 is 5.97 Å². The van der Waals surface area contributed by atoms with Crippen molar-refractivity contribution in [3.63, 3.8) is 0 Å². The van der Waals surface area contributed by atoms with Crippen LogP contribution in [0.25, 0.3) is 0 Å². The maximum atomic E-state index is 12.3. The van der Waals surface area contributed by atoms with E-state index in [0.29, 0.717) is 17.9 Å². The van der Waals surface area contributed by atoms with Crippen LogP contribution in [0, 0.1) is 0 Å². The second-order valence-electron chi connectivity index (χ2n) is 5.88. The van der Waals surface area contributed by atoms with Gasteiger partial charge in [0, 0.05) is 19.5 Å².